The van der Waals surface area contributed by atoms with E-state index in [0.717, 1.165) is 37.9 Å². The van der Waals surface area contributed by atoms with E-state index in [0.29, 0.717) is 32.0 Å². The van der Waals surface area contributed by atoms with Crippen molar-refractivity contribution in [3.63, 3.8) is 0 Å². The summed E-state index contributed by atoms with van der Waals surface area (Å²) in [7, 11) is 0. The number of carboxylic acids is 1. The topological polar surface area (TPSA) is 108 Å². The van der Waals surface area contributed by atoms with Gasteiger partial charge in [0.15, 0.2) is 0 Å². The predicted molar refractivity (Wildman–Crippen MR) is 124 cm³/mol. The summed E-state index contributed by atoms with van der Waals surface area (Å²) in [6, 6.07) is 9.53. The van der Waals surface area contributed by atoms with Crippen molar-refractivity contribution >= 4 is 17.8 Å². The molecule has 8 nitrogen and oxygen atoms in total. The summed E-state index contributed by atoms with van der Waals surface area (Å²) >= 11 is 0. The van der Waals surface area contributed by atoms with Crippen LogP contribution in [0.1, 0.15) is 31.2 Å². The first kappa shape index (κ1) is 24.9. The first-order valence-electron chi connectivity index (χ1n) is 11.8. The highest BCUT2D eigenvalue weighted by molar-refractivity contribution is 5.88. The fourth-order valence-corrected chi connectivity index (χ4v) is 4.23. The van der Waals surface area contributed by atoms with E-state index in [2.05, 4.69) is 10.6 Å². The summed E-state index contributed by atoms with van der Waals surface area (Å²) in [6.45, 7) is 3.30. The van der Waals surface area contributed by atoms with Crippen molar-refractivity contribution in [1.82, 2.24) is 15.5 Å². The highest BCUT2D eigenvalue weighted by Crippen LogP contribution is 2.18. The lowest BCUT2D eigenvalue weighted by molar-refractivity contribution is -0.144. The molecule has 1 unspecified atom stereocenters. The van der Waals surface area contributed by atoms with Crippen LogP contribution in [0.15, 0.2) is 42.5 Å². The minimum absolute atomic E-state index is 0.00300. The second-order valence-corrected chi connectivity index (χ2v) is 8.85. The Morgan fingerprint density at radius 1 is 1.18 bits per heavy atom. The van der Waals surface area contributed by atoms with Gasteiger partial charge in [0.2, 0.25) is 11.8 Å². The number of hydrogen-bond donors (Lipinski definition) is 3. The molecule has 2 atom stereocenters. The summed E-state index contributed by atoms with van der Waals surface area (Å²) < 4.78 is 5.55. The number of aliphatic carboxylic acids is 1. The van der Waals surface area contributed by atoms with Crippen LogP contribution in [0.4, 0.5) is 0 Å². The van der Waals surface area contributed by atoms with E-state index < -0.39 is 11.9 Å². The fourth-order valence-electron chi connectivity index (χ4n) is 4.23. The van der Waals surface area contributed by atoms with Gasteiger partial charge >= 0.3 is 5.97 Å². The Bertz CT molecular complexity index is 808. The van der Waals surface area contributed by atoms with Gasteiger partial charge in [-0.05, 0) is 56.3 Å². The number of rotatable bonds is 10. The van der Waals surface area contributed by atoms with Gasteiger partial charge in [0, 0.05) is 19.6 Å². The van der Waals surface area contributed by atoms with Crippen molar-refractivity contribution in [3.05, 3.63) is 48.0 Å². The van der Waals surface area contributed by atoms with E-state index in [1.807, 2.05) is 36.4 Å². The summed E-state index contributed by atoms with van der Waals surface area (Å²) in [5, 5.41) is 15.6. The maximum absolute atomic E-state index is 12.7. The third-order valence-corrected chi connectivity index (χ3v) is 6.30. The van der Waals surface area contributed by atoms with E-state index in [-0.39, 0.29) is 30.9 Å². The van der Waals surface area contributed by atoms with Crippen LogP contribution in [0.25, 0.3) is 0 Å². The number of nitrogens with zero attached hydrogens (tertiary/aromatic N) is 1. The van der Waals surface area contributed by atoms with Crippen molar-refractivity contribution < 1.29 is 24.2 Å². The Morgan fingerprint density at radius 2 is 1.94 bits per heavy atom. The largest absolute Gasteiger partial charge is 0.481 e. The van der Waals surface area contributed by atoms with E-state index in [1.165, 1.54) is 0 Å². The van der Waals surface area contributed by atoms with Crippen molar-refractivity contribution in [2.75, 3.05) is 39.3 Å². The number of hydrogen-bond acceptors (Lipinski definition) is 5. The van der Waals surface area contributed by atoms with E-state index >= 15 is 0 Å². The molecule has 1 aromatic rings. The van der Waals surface area contributed by atoms with E-state index in [9.17, 15) is 19.5 Å². The molecule has 2 amide bonds. The van der Waals surface area contributed by atoms with Gasteiger partial charge in [0.1, 0.15) is 0 Å². The second kappa shape index (κ2) is 13.1. The number of allylic oxidation sites excluding steroid dienone is 1. The Labute approximate surface area is 195 Å². The third-order valence-electron chi connectivity index (χ3n) is 6.30. The van der Waals surface area contributed by atoms with Gasteiger partial charge in [-0.1, -0.05) is 36.4 Å². The summed E-state index contributed by atoms with van der Waals surface area (Å²) in [5.41, 5.74) is 0.965. The number of likely N-dealkylation sites (tertiary alicyclic amines) is 1. The Morgan fingerprint density at radius 3 is 2.67 bits per heavy atom. The first-order chi connectivity index (χ1) is 16.0. The van der Waals surface area contributed by atoms with Gasteiger partial charge in [0.05, 0.1) is 25.0 Å². The summed E-state index contributed by atoms with van der Waals surface area (Å²) in [5.74, 6) is -1.99. The first-order valence-corrected chi connectivity index (χ1v) is 11.8. The molecular formula is C25H35N3O5. The van der Waals surface area contributed by atoms with Gasteiger partial charge in [-0.15, -0.1) is 0 Å². The average molecular weight is 458 g/mol. The minimum Gasteiger partial charge on any atom is -0.481 e. The quantitative estimate of drug-likeness (QED) is 0.463. The molecule has 3 N–H and O–H groups in total. The van der Waals surface area contributed by atoms with Gasteiger partial charge in [0.25, 0.3) is 0 Å². The molecule has 33 heavy (non-hydrogen) atoms. The number of benzene rings is 1. The monoisotopic (exact) mass is 457 g/mol. The maximum atomic E-state index is 12.7. The summed E-state index contributed by atoms with van der Waals surface area (Å²) in [4.78, 5) is 38.6. The molecule has 0 aromatic heterocycles. The van der Waals surface area contributed by atoms with Crippen molar-refractivity contribution in [2.45, 2.75) is 32.3 Å². The van der Waals surface area contributed by atoms with Crippen LogP contribution in [0, 0.1) is 17.8 Å². The number of ether oxygens (including phenoxy) is 1. The smallest absolute Gasteiger partial charge is 0.310 e. The minimum atomic E-state index is -1.01. The molecule has 2 saturated heterocycles. The van der Waals surface area contributed by atoms with Crippen LogP contribution in [0.5, 0.6) is 0 Å². The number of carbonyl (C=O) groups is 3. The number of carbonyl (C=O) groups excluding carboxylic acids is 2. The normalized spacial score (nSPS) is 20.5. The molecule has 0 radical (unpaired) electrons. The van der Waals surface area contributed by atoms with Crippen molar-refractivity contribution in [1.29, 1.82) is 0 Å². The molecule has 8 heteroatoms. The SMILES string of the molecule is O=C(O)C(CNC(=O)[C@@H]1CCCN(C(=O)/C=C/C2CCNCC2)C1)COCc1ccccc1. The number of piperidine rings is 2. The highest BCUT2D eigenvalue weighted by atomic mass is 16.5. The zero-order valence-corrected chi connectivity index (χ0v) is 19.1. The molecule has 0 aliphatic carbocycles. The third kappa shape index (κ3) is 8.29. The number of carboxylic acid groups (broad SMARTS) is 1. The Balaban J connectivity index is 1.42. The second-order valence-electron chi connectivity index (χ2n) is 8.85. The molecule has 0 bridgehead atoms. The molecule has 0 spiro atoms. The molecule has 1 aromatic carbocycles. The van der Waals surface area contributed by atoms with Crippen LogP contribution in [-0.2, 0) is 25.7 Å². The molecule has 180 valence electrons. The highest BCUT2D eigenvalue weighted by Gasteiger charge is 2.29. The summed E-state index contributed by atoms with van der Waals surface area (Å²) in [6.07, 6.45) is 7.17. The molecule has 3 rings (SSSR count). The van der Waals surface area contributed by atoms with Crippen LogP contribution >= 0.6 is 0 Å². The van der Waals surface area contributed by atoms with E-state index in [4.69, 9.17) is 4.74 Å². The lowest BCUT2D eigenvalue weighted by atomic mass is 9.96. The van der Waals surface area contributed by atoms with Gasteiger partial charge in [-0.25, -0.2) is 0 Å². The lowest BCUT2D eigenvalue weighted by Crippen LogP contribution is -2.46. The van der Waals surface area contributed by atoms with Crippen LogP contribution < -0.4 is 10.6 Å². The van der Waals surface area contributed by atoms with Crippen molar-refractivity contribution in [3.8, 4) is 0 Å². The fraction of sp³-hybridized carbons (Fsp3) is 0.560. The average Bonchev–Trinajstić information content (AvgIpc) is 2.85. The van der Waals surface area contributed by atoms with Crippen molar-refractivity contribution in [2.24, 2.45) is 17.8 Å². The van der Waals surface area contributed by atoms with Gasteiger partial charge < -0.3 is 25.4 Å². The number of amides is 2. The standard InChI is InChI=1S/C25H35N3O5/c29-23(9-8-19-10-12-26-13-11-19)28-14-4-7-21(16-28)24(30)27-15-22(25(31)32)18-33-17-20-5-2-1-3-6-20/h1-3,5-6,8-9,19,21-22,26H,4,7,10-18H2,(H,27,30)(H,31,32)/b9-8+/t21-,22?/m1/s1. The maximum Gasteiger partial charge on any atom is 0.310 e. The Hall–Kier alpha value is -2.71. The van der Waals surface area contributed by atoms with Gasteiger partial charge in [-0.3, -0.25) is 14.4 Å². The molecule has 2 heterocycles. The van der Waals surface area contributed by atoms with E-state index in [1.54, 1.807) is 11.0 Å². The molecule has 0 saturated carbocycles. The molecular weight excluding hydrogens is 422 g/mol. The zero-order chi connectivity index (χ0) is 23.5. The molecule has 2 aliphatic rings. The molecule has 2 fully saturated rings. The number of nitrogens with one attached hydrogen (secondary N) is 2. The lowest BCUT2D eigenvalue weighted by Gasteiger charge is -2.31. The van der Waals surface area contributed by atoms with Crippen LogP contribution in [0.2, 0.25) is 0 Å². The zero-order valence-electron chi connectivity index (χ0n) is 19.1. The Kier molecular flexibility index (Phi) is 9.90. The van der Waals surface area contributed by atoms with Crippen LogP contribution in [-0.4, -0.2) is 67.1 Å². The predicted octanol–water partition coefficient (Wildman–Crippen LogP) is 1.81. The molecule has 2 aliphatic heterocycles. The van der Waals surface area contributed by atoms with Crippen LogP contribution in [0.3, 0.4) is 0 Å². The van der Waals surface area contributed by atoms with Gasteiger partial charge in [-0.2, -0.15) is 0 Å².